The first-order valence-corrected chi connectivity index (χ1v) is 3.57. The molecule has 1 saturated heterocycles. The molecule has 62 valence electrons. The lowest BCUT2D eigenvalue weighted by molar-refractivity contribution is -0.143. The smallest absolute Gasteiger partial charge is 0.329 e. The summed E-state index contributed by atoms with van der Waals surface area (Å²) in [5, 5.41) is 2.42. The van der Waals surface area contributed by atoms with Gasteiger partial charge >= 0.3 is 5.97 Å². The Hall–Kier alpha value is -1.06. The molecule has 4 heteroatoms. The summed E-state index contributed by atoms with van der Waals surface area (Å²) < 4.78 is 4.88. The number of amides is 1. The van der Waals surface area contributed by atoms with E-state index in [4.69, 9.17) is 4.74 Å². The van der Waals surface area contributed by atoms with E-state index in [-0.39, 0.29) is 18.0 Å². The summed E-state index contributed by atoms with van der Waals surface area (Å²) in [6, 6.07) is -0.456. The molecule has 0 aromatic rings. The van der Waals surface area contributed by atoms with Crippen LogP contribution in [0.3, 0.4) is 0 Å². The Morgan fingerprint density at radius 2 is 2.18 bits per heavy atom. The molecule has 1 amide bonds. The maximum absolute atomic E-state index is 10.9. The second kappa shape index (κ2) is 2.90. The van der Waals surface area contributed by atoms with Gasteiger partial charge in [0, 0.05) is 5.92 Å². The van der Waals surface area contributed by atoms with Crippen LogP contribution in [0.25, 0.3) is 0 Å². The summed E-state index contributed by atoms with van der Waals surface area (Å²) in [5.74, 6) is -0.273. The predicted octanol–water partition coefficient (Wildman–Crippen LogP) is -0.318. The summed E-state index contributed by atoms with van der Waals surface area (Å²) in [4.78, 5) is 21.0. The van der Waals surface area contributed by atoms with Gasteiger partial charge in [0.15, 0.2) is 0 Å². The van der Waals surface area contributed by atoms with Crippen molar-refractivity contribution < 1.29 is 14.3 Å². The van der Waals surface area contributed by atoms with Crippen LogP contribution >= 0.6 is 0 Å². The minimum atomic E-state index is -0.456. The zero-order chi connectivity index (χ0) is 8.43. The third-order valence-corrected chi connectivity index (χ3v) is 2.07. The molecule has 1 aliphatic rings. The number of esters is 1. The van der Waals surface area contributed by atoms with Crippen molar-refractivity contribution in [2.45, 2.75) is 26.0 Å². The average Bonchev–Trinajstić information content (AvgIpc) is 2.17. The average molecular weight is 157 g/mol. The molecule has 1 N–H and O–H groups in total. The van der Waals surface area contributed by atoms with Crippen molar-refractivity contribution in [1.82, 2.24) is 5.32 Å². The van der Waals surface area contributed by atoms with E-state index in [0.717, 1.165) is 0 Å². The SMILES string of the molecule is CC1OC(=O)C(NC=O)C1C. The standard InChI is InChI=1S/C7H11NO3/c1-4-5(2)11-7(10)6(4)8-3-9/h3-6H,1-2H3,(H,8,9). The van der Waals surface area contributed by atoms with Crippen LogP contribution in [-0.2, 0) is 14.3 Å². The van der Waals surface area contributed by atoms with Crippen molar-refractivity contribution in [1.29, 1.82) is 0 Å². The van der Waals surface area contributed by atoms with Crippen molar-refractivity contribution in [3.8, 4) is 0 Å². The first-order chi connectivity index (χ1) is 5.16. The van der Waals surface area contributed by atoms with E-state index < -0.39 is 6.04 Å². The third-order valence-electron chi connectivity index (χ3n) is 2.07. The van der Waals surface area contributed by atoms with Gasteiger partial charge < -0.3 is 10.1 Å². The Kier molecular flexibility index (Phi) is 2.12. The van der Waals surface area contributed by atoms with Crippen LogP contribution in [0.5, 0.6) is 0 Å². The second-order valence-electron chi connectivity index (χ2n) is 2.76. The van der Waals surface area contributed by atoms with Crippen molar-refractivity contribution in [2.24, 2.45) is 5.92 Å². The van der Waals surface area contributed by atoms with E-state index in [1.54, 1.807) is 0 Å². The minimum absolute atomic E-state index is 0.0627. The molecule has 1 rings (SSSR count). The molecule has 0 bridgehead atoms. The summed E-state index contributed by atoms with van der Waals surface area (Å²) in [6.07, 6.45) is 0.431. The zero-order valence-corrected chi connectivity index (χ0v) is 6.53. The molecule has 3 atom stereocenters. The number of cyclic esters (lactones) is 1. The van der Waals surface area contributed by atoms with Crippen molar-refractivity contribution >= 4 is 12.4 Å². The van der Waals surface area contributed by atoms with Gasteiger partial charge in [-0.25, -0.2) is 4.79 Å². The highest BCUT2D eigenvalue weighted by Gasteiger charge is 2.38. The normalized spacial score (nSPS) is 36.5. The molecular formula is C7H11NO3. The minimum Gasteiger partial charge on any atom is -0.461 e. The maximum atomic E-state index is 10.9. The monoisotopic (exact) mass is 157 g/mol. The Morgan fingerprint density at radius 3 is 2.55 bits per heavy atom. The molecule has 4 nitrogen and oxygen atoms in total. The molecule has 0 spiro atoms. The lowest BCUT2D eigenvalue weighted by Gasteiger charge is -2.10. The Morgan fingerprint density at radius 1 is 1.55 bits per heavy atom. The van der Waals surface area contributed by atoms with Crippen LogP contribution in [0.4, 0.5) is 0 Å². The van der Waals surface area contributed by atoms with Crippen molar-refractivity contribution in [3.63, 3.8) is 0 Å². The zero-order valence-electron chi connectivity index (χ0n) is 6.53. The Labute approximate surface area is 64.9 Å². The number of rotatable bonds is 2. The van der Waals surface area contributed by atoms with Crippen LogP contribution in [0.2, 0.25) is 0 Å². The maximum Gasteiger partial charge on any atom is 0.329 e. The van der Waals surface area contributed by atoms with Gasteiger partial charge in [-0.1, -0.05) is 6.92 Å². The number of hydrogen-bond acceptors (Lipinski definition) is 3. The van der Waals surface area contributed by atoms with Gasteiger partial charge in [0.25, 0.3) is 0 Å². The fourth-order valence-corrected chi connectivity index (χ4v) is 1.14. The molecule has 0 saturated carbocycles. The van der Waals surface area contributed by atoms with Gasteiger partial charge in [0.1, 0.15) is 12.1 Å². The molecule has 3 unspecified atom stereocenters. The molecule has 0 aliphatic carbocycles. The first kappa shape index (κ1) is 8.04. The van der Waals surface area contributed by atoms with E-state index in [1.165, 1.54) is 0 Å². The number of carbonyl (C=O) groups excluding carboxylic acids is 2. The molecule has 0 aromatic carbocycles. The summed E-state index contributed by atoms with van der Waals surface area (Å²) >= 11 is 0. The van der Waals surface area contributed by atoms with Gasteiger partial charge in [-0.15, -0.1) is 0 Å². The van der Waals surface area contributed by atoms with E-state index in [9.17, 15) is 9.59 Å². The van der Waals surface area contributed by atoms with Crippen LogP contribution in [0.1, 0.15) is 13.8 Å². The molecule has 0 radical (unpaired) electrons. The number of carbonyl (C=O) groups is 2. The highest BCUT2D eigenvalue weighted by Crippen LogP contribution is 2.20. The highest BCUT2D eigenvalue weighted by atomic mass is 16.6. The predicted molar refractivity (Wildman–Crippen MR) is 37.7 cm³/mol. The lowest BCUT2D eigenvalue weighted by Crippen LogP contribution is -2.37. The van der Waals surface area contributed by atoms with E-state index in [1.807, 2.05) is 13.8 Å². The van der Waals surface area contributed by atoms with E-state index >= 15 is 0 Å². The number of nitrogens with one attached hydrogen (secondary N) is 1. The third kappa shape index (κ3) is 1.34. The largest absolute Gasteiger partial charge is 0.461 e. The summed E-state index contributed by atoms with van der Waals surface area (Å²) in [6.45, 7) is 3.69. The topological polar surface area (TPSA) is 55.4 Å². The highest BCUT2D eigenvalue weighted by molar-refractivity contribution is 5.80. The van der Waals surface area contributed by atoms with Crippen LogP contribution in [0, 0.1) is 5.92 Å². The first-order valence-electron chi connectivity index (χ1n) is 3.57. The Balaban J connectivity index is 2.63. The van der Waals surface area contributed by atoms with Gasteiger partial charge in [-0.2, -0.15) is 0 Å². The fraction of sp³-hybridized carbons (Fsp3) is 0.714. The Bertz CT molecular complexity index is 181. The van der Waals surface area contributed by atoms with Gasteiger partial charge in [0.2, 0.25) is 6.41 Å². The number of ether oxygens (including phenoxy) is 1. The van der Waals surface area contributed by atoms with Crippen LogP contribution in [0.15, 0.2) is 0 Å². The molecule has 1 aliphatic heterocycles. The summed E-state index contributed by atoms with van der Waals surface area (Å²) in [7, 11) is 0. The lowest BCUT2D eigenvalue weighted by atomic mass is 10.0. The molecule has 1 heterocycles. The van der Waals surface area contributed by atoms with E-state index in [0.29, 0.717) is 6.41 Å². The van der Waals surface area contributed by atoms with Gasteiger partial charge in [-0.05, 0) is 6.92 Å². The molecule has 1 fully saturated rings. The summed E-state index contributed by atoms with van der Waals surface area (Å²) in [5.41, 5.74) is 0. The van der Waals surface area contributed by atoms with Crippen molar-refractivity contribution in [3.05, 3.63) is 0 Å². The molecule has 11 heavy (non-hydrogen) atoms. The second-order valence-corrected chi connectivity index (χ2v) is 2.76. The number of hydrogen-bond donors (Lipinski definition) is 1. The van der Waals surface area contributed by atoms with Crippen LogP contribution < -0.4 is 5.32 Å². The van der Waals surface area contributed by atoms with Crippen LogP contribution in [-0.4, -0.2) is 24.5 Å². The van der Waals surface area contributed by atoms with Gasteiger partial charge in [0.05, 0.1) is 0 Å². The molecule has 0 aromatic heterocycles. The van der Waals surface area contributed by atoms with E-state index in [2.05, 4.69) is 5.32 Å². The van der Waals surface area contributed by atoms with Crippen molar-refractivity contribution in [2.75, 3.05) is 0 Å². The molecular weight excluding hydrogens is 146 g/mol. The fourth-order valence-electron chi connectivity index (χ4n) is 1.14. The van der Waals surface area contributed by atoms with Gasteiger partial charge in [-0.3, -0.25) is 4.79 Å². The quantitative estimate of drug-likeness (QED) is 0.441.